The highest BCUT2D eigenvalue weighted by Crippen LogP contribution is 2.56. The summed E-state index contributed by atoms with van der Waals surface area (Å²) in [6.07, 6.45) is -0.287. The first kappa shape index (κ1) is 21.0. The van der Waals surface area contributed by atoms with Crippen molar-refractivity contribution in [2.45, 2.75) is 61.8 Å². The zero-order valence-electron chi connectivity index (χ0n) is 16.4. The predicted molar refractivity (Wildman–Crippen MR) is 95.7 cm³/mol. The van der Waals surface area contributed by atoms with E-state index in [1.807, 2.05) is 41.5 Å². The zero-order valence-corrected chi connectivity index (χ0v) is 16.4. The minimum absolute atomic E-state index is 0.0586. The smallest absolute Gasteiger partial charge is 0.311 e. The van der Waals surface area contributed by atoms with E-state index in [0.29, 0.717) is 16.7 Å². The van der Waals surface area contributed by atoms with Crippen LogP contribution < -0.4 is 0 Å². The monoisotopic (exact) mass is 347 g/mol. The van der Waals surface area contributed by atoms with Gasteiger partial charge >= 0.3 is 5.97 Å². The molecule has 0 aliphatic heterocycles. The molecule has 0 saturated heterocycles. The quantitative estimate of drug-likeness (QED) is 0.737. The number of allylic oxidation sites excluding steroid dienone is 2. The van der Waals surface area contributed by atoms with E-state index in [0.717, 1.165) is 0 Å². The van der Waals surface area contributed by atoms with Crippen LogP contribution in [0, 0.1) is 33.5 Å². The number of carbonyl (C=O) groups is 2. The Morgan fingerprint density at radius 1 is 1.12 bits per heavy atom. The van der Waals surface area contributed by atoms with Gasteiger partial charge in [0, 0.05) is 11.8 Å². The molecule has 0 saturated carbocycles. The zero-order chi connectivity index (χ0) is 20.0. The van der Waals surface area contributed by atoms with Crippen LogP contribution in [0.1, 0.15) is 61.8 Å². The molecule has 1 rings (SSSR count). The number of rotatable bonds is 3. The van der Waals surface area contributed by atoms with Crippen LogP contribution in [0.3, 0.4) is 0 Å². The minimum Gasteiger partial charge on any atom is -0.508 e. The number of aliphatic hydroxyl groups excluding tert-OH is 1. The van der Waals surface area contributed by atoms with Gasteiger partial charge in [0.15, 0.2) is 0 Å². The van der Waals surface area contributed by atoms with Crippen molar-refractivity contribution in [3.63, 3.8) is 0 Å². The number of ketones is 1. The van der Waals surface area contributed by atoms with Crippen LogP contribution in [0.15, 0.2) is 22.5 Å². The molecule has 1 unspecified atom stereocenters. The lowest BCUT2D eigenvalue weighted by Gasteiger charge is -2.47. The highest BCUT2D eigenvalue weighted by Gasteiger charge is 2.51. The van der Waals surface area contributed by atoms with Gasteiger partial charge in [-0.2, -0.15) is 5.26 Å². The van der Waals surface area contributed by atoms with Gasteiger partial charge in [0.05, 0.1) is 5.92 Å². The van der Waals surface area contributed by atoms with Gasteiger partial charge in [-0.1, -0.05) is 55.4 Å². The van der Waals surface area contributed by atoms with Gasteiger partial charge in [-0.25, -0.2) is 0 Å². The summed E-state index contributed by atoms with van der Waals surface area (Å²) in [5.74, 6) is -2.68. The summed E-state index contributed by atoms with van der Waals surface area (Å²) in [5, 5.41) is 30.0. The second kappa shape index (κ2) is 6.33. The summed E-state index contributed by atoms with van der Waals surface area (Å²) in [5.41, 5.74) is -0.466. The van der Waals surface area contributed by atoms with E-state index in [-0.39, 0.29) is 12.2 Å². The van der Waals surface area contributed by atoms with Crippen molar-refractivity contribution in [1.29, 1.82) is 5.26 Å². The van der Waals surface area contributed by atoms with Crippen LogP contribution in [-0.2, 0) is 9.59 Å². The molecule has 0 spiro atoms. The van der Waals surface area contributed by atoms with Crippen LogP contribution in [0.5, 0.6) is 0 Å². The number of nitriles is 1. The SMILES string of the molecule is CC(C)(C)C1=C(CC(=O)C#N)C(C(=O)O)C(C)(C)C(C(C)(C)C)=C1O. The first-order valence-electron chi connectivity index (χ1n) is 8.40. The molecular formula is C20H29NO4. The van der Waals surface area contributed by atoms with E-state index < -0.39 is 33.9 Å². The second-order valence-corrected chi connectivity index (χ2v) is 9.33. The molecular weight excluding hydrogens is 318 g/mol. The fraction of sp³-hybridized carbons (Fsp3) is 0.650. The van der Waals surface area contributed by atoms with Gasteiger partial charge in [0.25, 0.3) is 0 Å². The standard InChI is InChI=1S/C20H29NO4/c1-18(2,3)13-12(9-11(22)10-21)14(17(24)25)20(7,8)16(15(13)23)19(4,5)6/h14,23H,9H2,1-8H3,(H,24,25). The van der Waals surface area contributed by atoms with E-state index in [1.165, 1.54) is 0 Å². The molecule has 5 nitrogen and oxygen atoms in total. The first-order chi connectivity index (χ1) is 11.1. The molecule has 25 heavy (non-hydrogen) atoms. The summed E-state index contributed by atoms with van der Waals surface area (Å²) in [4.78, 5) is 24.0. The van der Waals surface area contributed by atoms with Gasteiger partial charge in [0.2, 0.25) is 5.78 Å². The highest BCUT2D eigenvalue weighted by atomic mass is 16.4. The number of nitrogens with zero attached hydrogens (tertiary/aromatic N) is 1. The maximum absolute atomic E-state index is 12.2. The number of carboxylic acids is 1. The maximum atomic E-state index is 12.2. The molecule has 0 heterocycles. The Bertz CT molecular complexity index is 703. The van der Waals surface area contributed by atoms with Crippen molar-refractivity contribution >= 4 is 11.8 Å². The molecule has 1 aliphatic rings. The number of hydrogen-bond donors (Lipinski definition) is 2. The molecule has 5 heteroatoms. The number of Topliss-reactive ketones (excluding diaryl/α,β-unsaturated/α-hetero) is 1. The molecule has 138 valence electrons. The third-order valence-corrected chi connectivity index (χ3v) is 4.73. The van der Waals surface area contributed by atoms with Gasteiger partial charge in [0.1, 0.15) is 11.8 Å². The third-order valence-electron chi connectivity index (χ3n) is 4.73. The van der Waals surface area contributed by atoms with Crippen LogP contribution in [0.4, 0.5) is 0 Å². The van der Waals surface area contributed by atoms with E-state index in [9.17, 15) is 19.8 Å². The molecule has 0 fully saturated rings. The van der Waals surface area contributed by atoms with Crippen molar-refractivity contribution in [2.75, 3.05) is 0 Å². The van der Waals surface area contributed by atoms with Crippen LogP contribution in [0.25, 0.3) is 0 Å². The normalized spacial score (nSPS) is 21.2. The molecule has 0 aromatic heterocycles. The average Bonchev–Trinajstić information content (AvgIpc) is 2.32. The lowest BCUT2D eigenvalue weighted by Crippen LogP contribution is -2.44. The number of hydrogen-bond acceptors (Lipinski definition) is 4. The van der Waals surface area contributed by atoms with Crippen LogP contribution >= 0.6 is 0 Å². The molecule has 2 N–H and O–H groups in total. The summed E-state index contributed by atoms with van der Waals surface area (Å²) in [7, 11) is 0. The van der Waals surface area contributed by atoms with Gasteiger partial charge in [-0.15, -0.1) is 0 Å². The first-order valence-corrected chi connectivity index (χ1v) is 8.40. The Morgan fingerprint density at radius 3 is 1.92 bits per heavy atom. The average molecular weight is 347 g/mol. The molecule has 1 aliphatic carbocycles. The van der Waals surface area contributed by atoms with Gasteiger partial charge in [-0.05, 0) is 27.5 Å². The van der Waals surface area contributed by atoms with Crippen molar-refractivity contribution < 1.29 is 19.8 Å². The highest BCUT2D eigenvalue weighted by molar-refractivity contribution is 5.96. The molecule has 0 amide bonds. The van der Waals surface area contributed by atoms with Crippen molar-refractivity contribution in [3.8, 4) is 6.07 Å². The van der Waals surface area contributed by atoms with E-state index >= 15 is 0 Å². The van der Waals surface area contributed by atoms with Crippen LogP contribution in [0.2, 0.25) is 0 Å². The fourth-order valence-electron chi connectivity index (χ4n) is 4.33. The van der Waals surface area contributed by atoms with Gasteiger partial charge in [-0.3, -0.25) is 9.59 Å². The molecule has 0 radical (unpaired) electrons. The fourth-order valence-corrected chi connectivity index (χ4v) is 4.33. The number of aliphatic carboxylic acids is 1. The largest absolute Gasteiger partial charge is 0.508 e. The topological polar surface area (TPSA) is 98.4 Å². The van der Waals surface area contributed by atoms with E-state index in [4.69, 9.17) is 5.26 Å². The Balaban J connectivity index is 4.00. The van der Waals surface area contributed by atoms with Crippen molar-refractivity contribution in [1.82, 2.24) is 0 Å². The molecule has 1 atom stereocenters. The summed E-state index contributed by atoms with van der Waals surface area (Å²) < 4.78 is 0. The van der Waals surface area contributed by atoms with Crippen molar-refractivity contribution in [3.05, 3.63) is 22.5 Å². The van der Waals surface area contributed by atoms with E-state index in [1.54, 1.807) is 19.9 Å². The summed E-state index contributed by atoms with van der Waals surface area (Å²) >= 11 is 0. The molecule has 0 bridgehead atoms. The minimum atomic E-state index is -1.05. The Hall–Kier alpha value is -2.09. The Morgan fingerprint density at radius 2 is 1.60 bits per heavy atom. The van der Waals surface area contributed by atoms with Crippen LogP contribution in [-0.4, -0.2) is 22.0 Å². The summed E-state index contributed by atoms with van der Waals surface area (Å²) in [6.45, 7) is 15.0. The Kier molecular flexibility index (Phi) is 5.30. The molecule has 0 aromatic carbocycles. The van der Waals surface area contributed by atoms with Gasteiger partial charge < -0.3 is 10.2 Å². The Labute approximate surface area is 150 Å². The lowest BCUT2D eigenvalue weighted by molar-refractivity contribution is -0.143. The number of carbonyl (C=O) groups excluding carboxylic acids is 1. The maximum Gasteiger partial charge on any atom is 0.311 e. The number of carboxylic acid groups (broad SMARTS) is 1. The second-order valence-electron chi connectivity index (χ2n) is 9.33. The van der Waals surface area contributed by atoms with Crippen molar-refractivity contribution in [2.24, 2.45) is 22.2 Å². The predicted octanol–water partition coefficient (Wildman–Crippen LogP) is 4.41. The lowest BCUT2D eigenvalue weighted by atomic mass is 9.56. The van der Waals surface area contributed by atoms with E-state index in [2.05, 4.69) is 0 Å². The third kappa shape index (κ3) is 3.78. The summed E-state index contributed by atoms with van der Waals surface area (Å²) in [6, 6.07) is 1.56. The number of aliphatic hydroxyl groups is 1. The molecule has 0 aromatic rings.